The number of hydrogen-bond acceptors (Lipinski definition) is 3. The lowest BCUT2D eigenvalue weighted by Gasteiger charge is -2.15. The second-order valence-electron chi connectivity index (χ2n) is 4.12. The third-order valence-corrected chi connectivity index (χ3v) is 2.95. The minimum absolute atomic E-state index is 0.184. The van der Waals surface area contributed by atoms with Crippen molar-refractivity contribution in [3.8, 4) is 5.75 Å². The molecule has 2 amide bonds. The van der Waals surface area contributed by atoms with Crippen molar-refractivity contribution in [2.24, 2.45) is 5.73 Å². The monoisotopic (exact) mass is 253 g/mol. The standard InChI is InChI=1S/C12H16FN3O2/c1-18-11-3-2-8(13)6-9(11)10-7-16(5-4-14)12(17)15-10/h2-3,6,10H,4-5,7,14H2,1H3,(H,15,17). The van der Waals surface area contributed by atoms with Gasteiger partial charge in [-0.3, -0.25) is 0 Å². The van der Waals surface area contributed by atoms with Crippen molar-refractivity contribution in [3.63, 3.8) is 0 Å². The zero-order valence-electron chi connectivity index (χ0n) is 10.1. The number of nitrogens with two attached hydrogens (primary N) is 1. The largest absolute Gasteiger partial charge is 0.496 e. The summed E-state index contributed by atoms with van der Waals surface area (Å²) in [6, 6.07) is 3.82. The third kappa shape index (κ3) is 2.38. The molecule has 18 heavy (non-hydrogen) atoms. The van der Waals surface area contributed by atoms with Gasteiger partial charge < -0.3 is 20.7 Å². The van der Waals surface area contributed by atoms with Gasteiger partial charge >= 0.3 is 6.03 Å². The summed E-state index contributed by atoms with van der Waals surface area (Å²) in [6.45, 7) is 1.36. The van der Waals surface area contributed by atoms with Crippen LogP contribution in [0.15, 0.2) is 18.2 Å². The second kappa shape index (κ2) is 5.22. The van der Waals surface area contributed by atoms with Gasteiger partial charge in [0.25, 0.3) is 0 Å². The molecule has 0 bridgehead atoms. The van der Waals surface area contributed by atoms with Gasteiger partial charge in [-0.05, 0) is 18.2 Å². The number of carbonyl (C=O) groups is 1. The van der Waals surface area contributed by atoms with Crippen LogP contribution in [0, 0.1) is 5.82 Å². The summed E-state index contributed by atoms with van der Waals surface area (Å²) in [7, 11) is 1.52. The average molecular weight is 253 g/mol. The van der Waals surface area contributed by atoms with Crippen LogP contribution >= 0.6 is 0 Å². The van der Waals surface area contributed by atoms with E-state index in [0.29, 0.717) is 30.9 Å². The zero-order chi connectivity index (χ0) is 13.1. The van der Waals surface area contributed by atoms with Crippen LogP contribution in [0.2, 0.25) is 0 Å². The zero-order valence-corrected chi connectivity index (χ0v) is 10.1. The van der Waals surface area contributed by atoms with Crippen molar-refractivity contribution < 1.29 is 13.9 Å². The highest BCUT2D eigenvalue weighted by Gasteiger charge is 2.31. The highest BCUT2D eigenvalue weighted by atomic mass is 19.1. The number of urea groups is 1. The Bertz CT molecular complexity index is 453. The molecule has 0 aromatic heterocycles. The molecule has 6 heteroatoms. The summed E-state index contributed by atoms with van der Waals surface area (Å²) < 4.78 is 18.5. The maximum Gasteiger partial charge on any atom is 0.318 e. The lowest BCUT2D eigenvalue weighted by Crippen LogP contribution is -2.32. The smallest absolute Gasteiger partial charge is 0.318 e. The fraction of sp³-hybridized carbons (Fsp3) is 0.417. The molecule has 0 aliphatic carbocycles. The maximum absolute atomic E-state index is 13.3. The first-order chi connectivity index (χ1) is 8.65. The van der Waals surface area contributed by atoms with E-state index in [1.54, 1.807) is 11.0 Å². The molecule has 1 atom stereocenters. The molecule has 3 N–H and O–H groups in total. The number of nitrogens with one attached hydrogen (secondary N) is 1. The molecule has 1 aliphatic heterocycles. The van der Waals surface area contributed by atoms with Gasteiger partial charge in [0.15, 0.2) is 0 Å². The van der Waals surface area contributed by atoms with Gasteiger partial charge in [-0.15, -0.1) is 0 Å². The molecule has 1 heterocycles. The molecular weight excluding hydrogens is 237 g/mol. The van der Waals surface area contributed by atoms with Crippen LogP contribution in [-0.2, 0) is 0 Å². The van der Waals surface area contributed by atoms with Crippen LogP contribution in [0.3, 0.4) is 0 Å². The van der Waals surface area contributed by atoms with Gasteiger partial charge in [0.2, 0.25) is 0 Å². The Kier molecular flexibility index (Phi) is 3.66. The number of amides is 2. The Morgan fingerprint density at radius 2 is 2.39 bits per heavy atom. The Hall–Kier alpha value is -1.82. The van der Waals surface area contributed by atoms with Crippen LogP contribution in [0.1, 0.15) is 11.6 Å². The van der Waals surface area contributed by atoms with E-state index in [1.807, 2.05) is 0 Å². The summed E-state index contributed by atoms with van der Waals surface area (Å²) in [5.41, 5.74) is 6.07. The van der Waals surface area contributed by atoms with Crippen LogP contribution in [-0.4, -0.2) is 37.7 Å². The molecule has 0 saturated carbocycles. The molecule has 2 rings (SSSR count). The molecule has 5 nitrogen and oxygen atoms in total. The van der Waals surface area contributed by atoms with E-state index < -0.39 is 0 Å². The highest BCUT2D eigenvalue weighted by molar-refractivity contribution is 5.77. The van der Waals surface area contributed by atoms with E-state index in [0.717, 1.165) is 0 Å². The van der Waals surface area contributed by atoms with Crippen LogP contribution in [0.5, 0.6) is 5.75 Å². The van der Waals surface area contributed by atoms with Gasteiger partial charge in [0.05, 0.1) is 13.2 Å². The predicted molar refractivity (Wildman–Crippen MR) is 64.9 cm³/mol. The topological polar surface area (TPSA) is 67.6 Å². The summed E-state index contributed by atoms with van der Waals surface area (Å²) in [5, 5.41) is 2.79. The highest BCUT2D eigenvalue weighted by Crippen LogP contribution is 2.29. The summed E-state index contributed by atoms with van der Waals surface area (Å²) in [4.78, 5) is 13.3. The number of ether oxygens (including phenoxy) is 1. The quantitative estimate of drug-likeness (QED) is 0.836. The summed E-state index contributed by atoms with van der Waals surface area (Å²) >= 11 is 0. The Labute approximate surface area is 105 Å². The molecule has 1 aromatic rings. The van der Waals surface area contributed by atoms with Gasteiger partial charge in [-0.1, -0.05) is 0 Å². The molecule has 0 spiro atoms. The van der Waals surface area contributed by atoms with Crippen molar-refractivity contribution in [1.29, 1.82) is 0 Å². The van der Waals surface area contributed by atoms with Crippen LogP contribution in [0.4, 0.5) is 9.18 Å². The summed E-state index contributed by atoms with van der Waals surface area (Å²) in [5.74, 6) is 0.216. The number of methoxy groups -OCH3 is 1. The van der Waals surface area contributed by atoms with Crippen LogP contribution in [0.25, 0.3) is 0 Å². The molecule has 98 valence electrons. The Morgan fingerprint density at radius 3 is 3.06 bits per heavy atom. The van der Waals surface area contributed by atoms with Gasteiger partial charge in [-0.25, -0.2) is 9.18 Å². The predicted octanol–water partition coefficient (Wildman–Crippen LogP) is 0.859. The number of halogens is 1. The molecule has 1 saturated heterocycles. The first-order valence-corrected chi connectivity index (χ1v) is 5.74. The van der Waals surface area contributed by atoms with E-state index >= 15 is 0 Å². The fourth-order valence-electron chi connectivity index (χ4n) is 2.09. The molecule has 1 unspecified atom stereocenters. The Morgan fingerprint density at radius 1 is 1.61 bits per heavy atom. The van der Waals surface area contributed by atoms with E-state index in [1.165, 1.54) is 19.2 Å². The van der Waals surface area contributed by atoms with Gasteiger partial charge in [0.1, 0.15) is 11.6 Å². The third-order valence-electron chi connectivity index (χ3n) is 2.95. The lowest BCUT2D eigenvalue weighted by atomic mass is 10.1. The maximum atomic E-state index is 13.3. The molecular formula is C12H16FN3O2. The number of nitrogens with zero attached hydrogens (tertiary/aromatic N) is 1. The van der Waals surface area contributed by atoms with Crippen molar-refractivity contribution >= 4 is 6.03 Å². The minimum atomic E-state index is -0.350. The number of benzene rings is 1. The van der Waals surface area contributed by atoms with Crippen molar-refractivity contribution in [2.45, 2.75) is 6.04 Å². The lowest BCUT2D eigenvalue weighted by molar-refractivity contribution is 0.218. The van der Waals surface area contributed by atoms with E-state index in [2.05, 4.69) is 5.32 Å². The number of hydrogen-bond donors (Lipinski definition) is 2. The summed E-state index contributed by atoms with van der Waals surface area (Å²) in [6.07, 6.45) is 0. The first kappa shape index (κ1) is 12.6. The average Bonchev–Trinajstić information content (AvgIpc) is 2.71. The van der Waals surface area contributed by atoms with E-state index in [9.17, 15) is 9.18 Å². The number of rotatable bonds is 4. The first-order valence-electron chi connectivity index (χ1n) is 5.74. The second-order valence-corrected chi connectivity index (χ2v) is 4.12. The van der Waals surface area contributed by atoms with Gasteiger partial charge in [-0.2, -0.15) is 0 Å². The molecule has 0 radical (unpaired) electrons. The van der Waals surface area contributed by atoms with Crippen molar-refractivity contribution in [3.05, 3.63) is 29.6 Å². The SMILES string of the molecule is COc1ccc(F)cc1C1CN(CCN)C(=O)N1. The van der Waals surface area contributed by atoms with Gasteiger partial charge in [0, 0.05) is 25.2 Å². The van der Waals surface area contributed by atoms with E-state index in [-0.39, 0.29) is 17.9 Å². The van der Waals surface area contributed by atoms with Crippen molar-refractivity contribution in [1.82, 2.24) is 10.2 Å². The molecule has 1 aromatic carbocycles. The fourth-order valence-corrected chi connectivity index (χ4v) is 2.09. The van der Waals surface area contributed by atoms with E-state index in [4.69, 9.17) is 10.5 Å². The Balaban J connectivity index is 2.22. The van der Waals surface area contributed by atoms with Crippen LogP contribution < -0.4 is 15.8 Å². The minimum Gasteiger partial charge on any atom is -0.496 e. The van der Waals surface area contributed by atoms with Crippen molar-refractivity contribution in [2.75, 3.05) is 26.7 Å². The molecule has 1 aliphatic rings. The number of carbonyl (C=O) groups excluding carboxylic acids is 1. The molecule has 1 fully saturated rings. The normalized spacial score (nSPS) is 18.9.